The van der Waals surface area contributed by atoms with Gasteiger partial charge in [-0.15, -0.1) is 11.8 Å². The van der Waals surface area contributed by atoms with Gasteiger partial charge in [0.25, 0.3) is 5.91 Å². The predicted molar refractivity (Wildman–Crippen MR) is 95.2 cm³/mol. The van der Waals surface area contributed by atoms with E-state index in [1.165, 1.54) is 0 Å². The second kappa shape index (κ2) is 7.49. The van der Waals surface area contributed by atoms with E-state index in [1.54, 1.807) is 35.1 Å². The molecule has 0 atom stereocenters. The van der Waals surface area contributed by atoms with E-state index < -0.39 is 0 Å². The van der Waals surface area contributed by atoms with Crippen LogP contribution in [-0.2, 0) is 11.3 Å². The molecule has 2 heterocycles. The van der Waals surface area contributed by atoms with Crippen molar-refractivity contribution >= 4 is 29.3 Å². The maximum Gasteiger partial charge on any atom is 0.251 e. The number of hydrogen-bond acceptors (Lipinski definition) is 4. The van der Waals surface area contributed by atoms with Crippen LogP contribution in [0.4, 0.5) is 5.69 Å². The van der Waals surface area contributed by atoms with Crippen molar-refractivity contribution in [2.45, 2.75) is 24.3 Å². The van der Waals surface area contributed by atoms with Gasteiger partial charge >= 0.3 is 0 Å². The Morgan fingerprint density at radius 3 is 2.96 bits per heavy atom. The summed E-state index contributed by atoms with van der Waals surface area (Å²) in [5.41, 5.74) is 2.32. The molecule has 0 aliphatic carbocycles. The normalized spacial score (nSPS) is 14.0. The fourth-order valence-electron chi connectivity index (χ4n) is 2.69. The van der Waals surface area contributed by atoms with Crippen molar-refractivity contribution in [3.05, 3.63) is 53.9 Å². The van der Waals surface area contributed by atoms with Crippen LogP contribution in [0.5, 0.6) is 0 Å². The van der Waals surface area contributed by atoms with Gasteiger partial charge in [0.15, 0.2) is 0 Å². The van der Waals surface area contributed by atoms with E-state index in [4.69, 9.17) is 0 Å². The summed E-state index contributed by atoms with van der Waals surface area (Å²) in [7, 11) is 0. The molecule has 1 saturated heterocycles. The van der Waals surface area contributed by atoms with E-state index in [2.05, 4.69) is 10.3 Å². The van der Waals surface area contributed by atoms with Crippen LogP contribution in [0, 0.1) is 0 Å². The average molecular weight is 341 g/mol. The van der Waals surface area contributed by atoms with Gasteiger partial charge in [0.2, 0.25) is 5.91 Å². The first-order valence-electron chi connectivity index (χ1n) is 7.84. The Kier molecular flexibility index (Phi) is 5.15. The Morgan fingerprint density at radius 1 is 1.33 bits per heavy atom. The number of aromatic nitrogens is 1. The molecule has 6 heteroatoms. The van der Waals surface area contributed by atoms with Crippen LogP contribution in [0.15, 0.2) is 47.6 Å². The number of amides is 2. The monoisotopic (exact) mass is 341 g/mol. The molecule has 0 unspecified atom stereocenters. The second-order valence-electron chi connectivity index (χ2n) is 5.61. The van der Waals surface area contributed by atoms with Crippen LogP contribution in [0.1, 0.15) is 28.8 Å². The first kappa shape index (κ1) is 16.5. The third-order valence-electron chi connectivity index (χ3n) is 3.95. The Morgan fingerprint density at radius 2 is 2.21 bits per heavy atom. The second-order valence-corrected chi connectivity index (χ2v) is 6.49. The molecule has 0 saturated carbocycles. The van der Waals surface area contributed by atoms with Crippen LogP contribution in [0.3, 0.4) is 0 Å². The zero-order chi connectivity index (χ0) is 16.9. The highest BCUT2D eigenvalue weighted by atomic mass is 32.2. The Hall–Kier alpha value is -2.34. The molecular formula is C18H19N3O2S. The summed E-state index contributed by atoms with van der Waals surface area (Å²) in [6, 6.07) is 9.43. The number of pyridine rings is 1. The molecule has 1 aliphatic rings. The molecule has 1 aromatic heterocycles. The summed E-state index contributed by atoms with van der Waals surface area (Å²) in [4.78, 5) is 31.1. The lowest BCUT2D eigenvalue weighted by atomic mass is 10.2. The zero-order valence-corrected chi connectivity index (χ0v) is 14.3. The van der Waals surface area contributed by atoms with Crippen LogP contribution >= 0.6 is 11.8 Å². The van der Waals surface area contributed by atoms with Gasteiger partial charge in [-0.1, -0.05) is 6.07 Å². The molecule has 1 aliphatic heterocycles. The number of benzene rings is 1. The molecule has 2 amide bonds. The lowest BCUT2D eigenvalue weighted by Crippen LogP contribution is -2.25. The van der Waals surface area contributed by atoms with Gasteiger partial charge in [-0.2, -0.15) is 0 Å². The first-order chi connectivity index (χ1) is 11.7. The number of anilines is 1. The van der Waals surface area contributed by atoms with Crippen LogP contribution in [0.25, 0.3) is 0 Å². The SMILES string of the molecule is CSc1cccc(C(=O)NCc2cncc(N3CCCC3=O)c2)c1. The van der Waals surface area contributed by atoms with Gasteiger partial charge in [-0.3, -0.25) is 14.6 Å². The van der Waals surface area contributed by atoms with Crippen molar-refractivity contribution in [1.82, 2.24) is 10.3 Å². The molecule has 0 radical (unpaired) electrons. The van der Waals surface area contributed by atoms with Crippen molar-refractivity contribution < 1.29 is 9.59 Å². The number of rotatable bonds is 5. The highest BCUT2D eigenvalue weighted by molar-refractivity contribution is 7.98. The highest BCUT2D eigenvalue weighted by Gasteiger charge is 2.22. The molecule has 124 valence electrons. The van der Waals surface area contributed by atoms with Gasteiger partial charge in [0, 0.05) is 36.2 Å². The van der Waals surface area contributed by atoms with Gasteiger partial charge < -0.3 is 10.2 Å². The Bertz CT molecular complexity index is 763. The van der Waals surface area contributed by atoms with Gasteiger partial charge in [-0.05, 0) is 42.5 Å². The highest BCUT2D eigenvalue weighted by Crippen LogP contribution is 2.21. The number of nitrogens with zero attached hydrogens (tertiary/aromatic N) is 2. The van der Waals surface area contributed by atoms with E-state index in [0.717, 1.165) is 29.1 Å². The molecule has 24 heavy (non-hydrogen) atoms. The van der Waals surface area contributed by atoms with E-state index in [9.17, 15) is 9.59 Å². The maximum absolute atomic E-state index is 12.3. The van der Waals surface area contributed by atoms with Crippen molar-refractivity contribution in [1.29, 1.82) is 0 Å². The number of thioether (sulfide) groups is 1. The van der Waals surface area contributed by atoms with Crippen molar-refractivity contribution in [3.8, 4) is 0 Å². The van der Waals surface area contributed by atoms with Crippen molar-refractivity contribution in [3.63, 3.8) is 0 Å². The minimum atomic E-state index is -0.117. The molecule has 2 aromatic rings. The Balaban J connectivity index is 1.66. The standard InChI is InChI=1S/C18H19N3O2S/c1-24-16-5-2-4-14(9-16)18(23)20-11-13-8-15(12-19-10-13)21-7-3-6-17(21)22/h2,4-5,8-10,12H,3,6-7,11H2,1H3,(H,20,23). The number of carbonyl (C=O) groups excluding carboxylic acids is 2. The number of nitrogens with one attached hydrogen (secondary N) is 1. The topological polar surface area (TPSA) is 62.3 Å². The minimum Gasteiger partial charge on any atom is -0.348 e. The maximum atomic E-state index is 12.3. The van der Waals surface area contributed by atoms with Gasteiger partial charge in [-0.25, -0.2) is 0 Å². The van der Waals surface area contributed by atoms with Crippen molar-refractivity contribution in [2.24, 2.45) is 0 Å². The smallest absolute Gasteiger partial charge is 0.251 e. The predicted octanol–water partition coefficient (Wildman–Crippen LogP) is 2.86. The lowest BCUT2D eigenvalue weighted by molar-refractivity contribution is -0.117. The van der Waals surface area contributed by atoms with E-state index in [0.29, 0.717) is 18.5 Å². The fraction of sp³-hybridized carbons (Fsp3) is 0.278. The van der Waals surface area contributed by atoms with Gasteiger partial charge in [0.1, 0.15) is 0 Å². The molecule has 0 spiro atoms. The molecule has 0 bridgehead atoms. The molecule has 3 rings (SSSR count). The summed E-state index contributed by atoms with van der Waals surface area (Å²) in [5, 5.41) is 2.90. The molecule has 1 aromatic carbocycles. The van der Waals surface area contributed by atoms with Crippen LogP contribution in [0.2, 0.25) is 0 Å². The molecule has 5 nitrogen and oxygen atoms in total. The van der Waals surface area contributed by atoms with E-state index >= 15 is 0 Å². The zero-order valence-electron chi connectivity index (χ0n) is 13.5. The quantitative estimate of drug-likeness (QED) is 0.850. The third kappa shape index (κ3) is 3.76. The largest absolute Gasteiger partial charge is 0.348 e. The number of hydrogen-bond donors (Lipinski definition) is 1. The third-order valence-corrected chi connectivity index (χ3v) is 4.68. The Labute approximate surface area is 145 Å². The summed E-state index contributed by atoms with van der Waals surface area (Å²) in [5.74, 6) is 0.0143. The molecule has 1 N–H and O–H groups in total. The van der Waals surface area contributed by atoms with Crippen LogP contribution < -0.4 is 10.2 Å². The van der Waals surface area contributed by atoms with Crippen LogP contribution in [-0.4, -0.2) is 29.6 Å². The molecular weight excluding hydrogens is 322 g/mol. The van der Waals surface area contributed by atoms with E-state index in [-0.39, 0.29) is 11.8 Å². The minimum absolute atomic E-state index is 0.117. The summed E-state index contributed by atoms with van der Waals surface area (Å²) >= 11 is 1.60. The lowest BCUT2D eigenvalue weighted by Gasteiger charge is -2.16. The van der Waals surface area contributed by atoms with Crippen molar-refractivity contribution in [2.75, 3.05) is 17.7 Å². The average Bonchev–Trinajstić information content (AvgIpc) is 3.06. The first-order valence-corrected chi connectivity index (χ1v) is 9.06. The fourth-order valence-corrected chi connectivity index (χ4v) is 3.15. The van der Waals surface area contributed by atoms with Gasteiger partial charge in [0.05, 0.1) is 11.9 Å². The number of carbonyl (C=O) groups is 2. The summed E-state index contributed by atoms with van der Waals surface area (Å²) in [6.07, 6.45) is 6.85. The van der Waals surface area contributed by atoms with E-state index in [1.807, 2.05) is 30.5 Å². The summed E-state index contributed by atoms with van der Waals surface area (Å²) in [6.45, 7) is 1.11. The summed E-state index contributed by atoms with van der Waals surface area (Å²) < 4.78 is 0. The molecule has 1 fully saturated rings.